The Balaban J connectivity index is 1.89. The lowest BCUT2D eigenvalue weighted by molar-refractivity contribution is 0.124. The lowest BCUT2D eigenvalue weighted by atomic mass is 10.2. The fourth-order valence-electron chi connectivity index (χ4n) is 2.68. The van der Waals surface area contributed by atoms with E-state index in [1.165, 1.54) is 16.2 Å². The largest absolute Gasteiger partial charge is 0.510 e. The molecule has 0 saturated carbocycles. The summed E-state index contributed by atoms with van der Waals surface area (Å²) in [5.74, 6) is -0.490. The second-order valence-electron chi connectivity index (χ2n) is 5.30. The van der Waals surface area contributed by atoms with Crippen LogP contribution in [0, 0.1) is 12.3 Å². The van der Waals surface area contributed by atoms with E-state index in [0.29, 0.717) is 10.6 Å². The number of rotatable bonds is 2. The summed E-state index contributed by atoms with van der Waals surface area (Å²) in [4.78, 5) is 5.70. The van der Waals surface area contributed by atoms with Gasteiger partial charge in [-0.05, 0) is 6.92 Å². The summed E-state index contributed by atoms with van der Waals surface area (Å²) >= 11 is 1.32. The van der Waals surface area contributed by atoms with Crippen molar-refractivity contribution < 1.29 is 18.6 Å². The monoisotopic (exact) mass is 329 g/mol. The maximum atomic E-state index is 11.6. The number of aryl methyl sites for hydroxylation is 1. The molecule has 2 atom stereocenters. The highest BCUT2D eigenvalue weighted by molar-refractivity contribution is 7.91. The molecule has 0 aromatic carbocycles. The Morgan fingerprint density at radius 2 is 2.19 bits per heavy atom. The normalized spacial score (nSPS) is 28.7. The van der Waals surface area contributed by atoms with E-state index in [-0.39, 0.29) is 29.6 Å². The van der Waals surface area contributed by atoms with Gasteiger partial charge in [-0.25, -0.2) is 13.4 Å². The van der Waals surface area contributed by atoms with Gasteiger partial charge in [0.25, 0.3) is 0 Å². The van der Waals surface area contributed by atoms with E-state index in [2.05, 4.69) is 4.98 Å². The Labute approximate surface area is 126 Å². The molecule has 1 aromatic rings. The molecule has 0 spiro atoms. The van der Waals surface area contributed by atoms with Crippen molar-refractivity contribution in [3.63, 3.8) is 0 Å². The average Bonchev–Trinajstić information content (AvgIpc) is 2.97. The van der Waals surface area contributed by atoms with Crippen LogP contribution in [0.5, 0.6) is 0 Å². The molecule has 2 aliphatic rings. The molecule has 1 fully saturated rings. The molecule has 3 rings (SSSR count). The Hall–Kier alpha value is -1.45. The second-order valence-corrected chi connectivity index (χ2v) is 8.32. The van der Waals surface area contributed by atoms with E-state index in [1.54, 1.807) is 0 Å². The second kappa shape index (κ2) is 4.79. The van der Waals surface area contributed by atoms with Crippen molar-refractivity contribution in [1.29, 1.82) is 5.41 Å². The van der Waals surface area contributed by atoms with Crippen LogP contribution in [0.15, 0.2) is 11.1 Å². The lowest BCUT2D eigenvalue weighted by Crippen LogP contribution is -2.44. The summed E-state index contributed by atoms with van der Waals surface area (Å²) in [5, 5.41) is 30.6. The van der Waals surface area contributed by atoms with Crippen molar-refractivity contribution in [2.24, 2.45) is 0 Å². The zero-order chi connectivity index (χ0) is 15.4. The van der Waals surface area contributed by atoms with Gasteiger partial charge in [-0.1, -0.05) is 0 Å². The van der Waals surface area contributed by atoms with Crippen LogP contribution in [0.25, 0.3) is 5.57 Å². The minimum atomic E-state index is -3.30. The van der Waals surface area contributed by atoms with Crippen molar-refractivity contribution >= 4 is 32.6 Å². The standard InChI is InChI=1S/C12H15N3O4S2/c1-6-3-20-12(14-6)10-8(16)2-15(11(10)13)7-4-21(18,19)5-9(7)17/h3,7,9,13,16-17H,2,4-5H2,1H3/t7-,9-/m1/s1. The number of aliphatic hydroxyl groups is 2. The highest BCUT2D eigenvalue weighted by Gasteiger charge is 2.44. The van der Waals surface area contributed by atoms with Crippen molar-refractivity contribution in [2.75, 3.05) is 18.1 Å². The molecule has 7 nitrogen and oxygen atoms in total. The molecule has 9 heteroatoms. The van der Waals surface area contributed by atoms with Crippen LogP contribution in [0.3, 0.4) is 0 Å². The number of hydrogen-bond acceptors (Lipinski definition) is 7. The van der Waals surface area contributed by atoms with Gasteiger partial charge >= 0.3 is 0 Å². The maximum absolute atomic E-state index is 11.6. The highest BCUT2D eigenvalue weighted by atomic mass is 32.2. The van der Waals surface area contributed by atoms with E-state index in [0.717, 1.165) is 5.69 Å². The zero-order valence-corrected chi connectivity index (χ0v) is 12.9. The number of sulfone groups is 1. The topological polar surface area (TPSA) is 115 Å². The molecule has 1 saturated heterocycles. The van der Waals surface area contributed by atoms with Crippen LogP contribution in [-0.4, -0.2) is 64.5 Å². The number of thiazole rings is 1. The number of nitrogens with zero attached hydrogens (tertiary/aromatic N) is 2. The molecule has 0 bridgehead atoms. The molecule has 0 amide bonds. The summed E-state index contributed by atoms with van der Waals surface area (Å²) in [6.07, 6.45) is -1.04. The van der Waals surface area contributed by atoms with Crippen molar-refractivity contribution in [2.45, 2.75) is 19.1 Å². The van der Waals surface area contributed by atoms with Gasteiger partial charge in [0.05, 0.1) is 35.8 Å². The van der Waals surface area contributed by atoms with Crippen LogP contribution in [0.1, 0.15) is 10.7 Å². The zero-order valence-electron chi connectivity index (χ0n) is 11.3. The quantitative estimate of drug-likeness (QED) is 0.712. The smallest absolute Gasteiger partial charge is 0.155 e. The minimum Gasteiger partial charge on any atom is -0.510 e. The molecule has 2 aliphatic heterocycles. The molecule has 21 heavy (non-hydrogen) atoms. The number of amidine groups is 1. The Bertz CT molecular complexity index is 737. The van der Waals surface area contributed by atoms with Gasteiger partial charge in [-0.2, -0.15) is 0 Å². The summed E-state index contributed by atoms with van der Waals surface area (Å²) in [5.41, 5.74) is 1.12. The number of hydrogen-bond donors (Lipinski definition) is 3. The summed E-state index contributed by atoms with van der Waals surface area (Å²) in [6.45, 7) is 1.85. The first-order valence-electron chi connectivity index (χ1n) is 6.37. The maximum Gasteiger partial charge on any atom is 0.155 e. The molecule has 3 N–H and O–H groups in total. The molecule has 0 aliphatic carbocycles. The van der Waals surface area contributed by atoms with Gasteiger partial charge in [-0.3, -0.25) is 5.41 Å². The van der Waals surface area contributed by atoms with Crippen LogP contribution < -0.4 is 0 Å². The first-order valence-corrected chi connectivity index (χ1v) is 9.07. The van der Waals surface area contributed by atoms with Gasteiger partial charge in [0, 0.05) is 11.1 Å². The third kappa shape index (κ3) is 2.45. The minimum absolute atomic E-state index is 0.00847. The average molecular weight is 329 g/mol. The lowest BCUT2D eigenvalue weighted by Gasteiger charge is -2.27. The predicted octanol–water partition coefficient (Wildman–Crippen LogP) is 0.171. The van der Waals surface area contributed by atoms with E-state index >= 15 is 0 Å². The molecule has 0 radical (unpaired) electrons. The van der Waals surface area contributed by atoms with E-state index in [4.69, 9.17) is 5.41 Å². The molecular weight excluding hydrogens is 314 g/mol. The van der Waals surface area contributed by atoms with Crippen LogP contribution in [0.4, 0.5) is 0 Å². The molecule has 0 unspecified atom stereocenters. The van der Waals surface area contributed by atoms with Crippen molar-refractivity contribution in [3.05, 3.63) is 21.8 Å². The van der Waals surface area contributed by atoms with Gasteiger partial charge in [-0.15, -0.1) is 11.3 Å². The molecule has 114 valence electrons. The Morgan fingerprint density at radius 3 is 2.71 bits per heavy atom. The van der Waals surface area contributed by atoms with E-state index in [9.17, 15) is 18.6 Å². The van der Waals surface area contributed by atoms with E-state index in [1.807, 2.05) is 12.3 Å². The SMILES string of the molecule is Cc1csc(C2=C(O)CN([C@@H]3CS(=O)(=O)C[C@H]3O)C2=N)n1. The fraction of sp³-hybridized carbons (Fsp3) is 0.500. The summed E-state index contributed by atoms with van der Waals surface area (Å²) in [7, 11) is -3.30. The fourth-order valence-corrected chi connectivity index (χ4v) is 5.35. The predicted molar refractivity (Wildman–Crippen MR) is 79.3 cm³/mol. The van der Waals surface area contributed by atoms with Gasteiger partial charge in [0.15, 0.2) is 9.84 Å². The van der Waals surface area contributed by atoms with Crippen molar-refractivity contribution in [3.8, 4) is 0 Å². The molecule has 3 heterocycles. The van der Waals surface area contributed by atoms with Gasteiger partial charge < -0.3 is 15.1 Å². The number of nitrogens with one attached hydrogen (secondary N) is 1. The van der Waals surface area contributed by atoms with Crippen molar-refractivity contribution in [1.82, 2.24) is 9.88 Å². The number of aromatic nitrogens is 1. The summed E-state index contributed by atoms with van der Waals surface area (Å²) < 4.78 is 23.2. The number of aliphatic hydroxyl groups excluding tert-OH is 2. The highest BCUT2D eigenvalue weighted by Crippen LogP contribution is 2.32. The molecule has 1 aromatic heterocycles. The van der Waals surface area contributed by atoms with Crippen LogP contribution in [0.2, 0.25) is 0 Å². The first kappa shape index (κ1) is 14.5. The molecular formula is C12H15N3O4S2. The third-order valence-electron chi connectivity index (χ3n) is 3.66. The Morgan fingerprint density at radius 1 is 1.48 bits per heavy atom. The van der Waals surface area contributed by atoms with E-state index < -0.39 is 22.0 Å². The summed E-state index contributed by atoms with van der Waals surface area (Å²) in [6, 6.07) is -0.691. The first-order chi connectivity index (χ1) is 9.78. The van der Waals surface area contributed by atoms with Crippen LogP contribution in [-0.2, 0) is 9.84 Å². The van der Waals surface area contributed by atoms with Gasteiger partial charge in [0.2, 0.25) is 0 Å². The van der Waals surface area contributed by atoms with Crippen LogP contribution >= 0.6 is 11.3 Å². The Kier molecular flexibility index (Phi) is 3.30. The third-order valence-corrected chi connectivity index (χ3v) is 6.34. The van der Waals surface area contributed by atoms with Gasteiger partial charge in [0.1, 0.15) is 16.6 Å².